The zero-order chi connectivity index (χ0) is 16.4. The molecule has 3 rings (SSSR count). The van der Waals surface area contributed by atoms with Crippen molar-refractivity contribution in [1.82, 2.24) is 25.0 Å². The van der Waals surface area contributed by atoms with E-state index in [1.165, 1.54) is 0 Å². The molecule has 1 atom stereocenters. The quantitative estimate of drug-likeness (QED) is 0.895. The highest BCUT2D eigenvalue weighted by Crippen LogP contribution is 2.32. The first-order chi connectivity index (χ1) is 11.1. The van der Waals surface area contributed by atoms with Gasteiger partial charge in [-0.25, -0.2) is 9.97 Å². The molecular formula is C15H20N6O2. The largest absolute Gasteiger partial charge is 0.363 e. The van der Waals surface area contributed by atoms with Crippen LogP contribution in [0, 0.1) is 6.92 Å². The van der Waals surface area contributed by atoms with Gasteiger partial charge in [0.05, 0.1) is 18.3 Å². The lowest BCUT2D eigenvalue weighted by molar-refractivity contribution is -0.136. The van der Waals surface area contributed by atoms with E-state index in [0.717, 1.165) is 18.7 Å². The maximum absolute atomic E-state index is 11.6. The first-order valence-electron chi connectivity index (χ1n) is 7.75. The molecule has 1 aliphatic heterocycles. The molecule has 0 radical (unpaired) electrons. The first kappa shape index (κ1) is 15.4. The predicted octanol–water partition coefficient (Wildman–Crippen LogP) is 1.64. The van der Waals surface area contributed by atoms with E-state index in [1.807, 2.05) is 24.8 Å². The summed E-state index contributed by atoms with van der Waals surface area (Å²) >= 11 is 0. The molecule has 1 saturated heterocycles. The number of rotatable bonds is 5. The van der Waals surface area contributed by atoms with E-state index in [4.69, 9.17) is 4.52 Å². The van der Waals surface area contributed by atoms with Crippen LogP contribution in [-0.2, 0) is 17.8 Å². The third-order valence-corrected chi connectivity index (χ3v) is 3.86. The number of nitrogens with zero attached hydrogens (tertiary/aromatic N) is 5. The fourth-order valence-corrected chi connectivity index (χ4v) is 2.60. The minimum atomic E-state index is 0.0478. The molecule has 8 heteroatoms. The van der Waals surface area contributed by atoms with Crippen molar-refractivity contribution < 1.29 is 9.32 Å². The molecule has 0 aliphatic carbocycles. The van der Waals surface area contributed by atoms with Crippen LogP contribution in [0.5, 0.6) is 0 Å². The number of nitrogens with one attached hydrogen (secondary N) is 1. The Hall–Kier alpha value is -2.51. The lowest BCUT2D eigenvalue weighted by atomic mass is 9.99. The zero-order valence-corrected chi connectivity index (χ0v) is 13.5. The van der Waals surface area contributed by atoms with Crippen LogP contribution in [0.25, 0.3) is 0 Å². The first-order valence-corrected chi connectivity index (χ1v) is 7.75. The van der Waals surface area contributed by atoms with E-state index in [-0.39, 0.29) is 11.9 Å². The fraction of sp³-hybridized carbons (Fsp3) is 0.533. The number of aryl methyl sites for hydroxylation is 2. The molecule has 1 fully saturated rings. The van der Waals surface area contributed by atoms with Gasteiger partial charge in [-0.1, -0.05) is 12.1 Å². The van der Waals surface area contributed by atoms with E-state index in [9.17, 15) is 4.79 Å². The predicted molar refractivity (Wildman–Crippen MR) is 82.5 cm³/mol. The maximum Gasteiger partial charge on any atom is 0.226 e. The van der Waals surface area contributed by atoms with Gasteiger partial charge in [-0.3, -0.25) is 4.79 Å². The summed E-state index contributed by atoms with van der Waals surface area (Å²) in [4.78, 5) is 26.5. The molecule has 122 valence electrons. The Kier molecular flexibility index (Phi) is 4.22. The number of anilines is 1. The molecule has 1 aliphatic rings. The molecule has 8 nitrogen and oxygen atoms in total. The topological polar surface area (TPSA) is 97.0 Å². The fourth-order valence-electron chi connectivity index (χ4n) is 2.60. The van der Waals surface area contributed by atoms with E-state index >= 15 is 0 Å². The van der Waals surface area contributed by atoms with Crippen molar-refractivity contribution in [2.45, 2.75) is 46.2 Å². The molecule has 2 aromatic rings. The standard InChI is InChI=1S/C15H20N6O2/c1-4-15-19-14(20-23-15)8-16-13-7-11(17-9(2)18-13)12-5-6-21(12)10(3)22/h7,12H,4-6,8H2,1-3H3,(H,16,17,18). The summed E-state index contributed by atoms with van der Waals surface area (Å²) in [7, 11) is 0. The Labute approximate surface area is 134 Å². The van der Waals surface area contributed by atoms with Gasteiger partial charge in [0.2, 0.25) is 11.8 Å². The minimum Gasteiger partial charge on any atom is -0.363 e. The second kappa shape index (κ2) is 6.31. The lowest BCUT2D eigenvalue weighted by Crippen LogP contribution is -2.44. The van der Waals surface area contributed by atoms with Gasteiger partial charge >= 0.3 is 0 Å². The Morgan fingerprint density at radius 3 is 2.87 bits per heavy atom. The highest BCUT2D eigenvalue weighted by Gasteiger charge is 2.32. The van der Waals surface area contributed by atoms with Crippen LogP contribution in [0.2, 0.25) is 0 Å². The summed E-state index contributed by atoms with van der Waals surface area (Å²) in [5, 5.41) is 7.09. The van der Waals surface area contributed by atoms with Gasteiger partial charge in [-0.05, 0) is 13.3 Å². The van der Waals surface area contributed by atoms with Crippen molar-refractivity contribution in [2.75, 3.05) is 11.9 Å². The highest BCUT2D eigenvalue weighted by molar-refractivity contribution is 5.74. The summed E-state index contributed by atoms with van der Waals surface area (Å²) in [6, 6.07) is 1.93. The number of hydrogen-bond donors (Lipinski definition) is 1. The maximum atomic E-state index is 11.6. The van der Waals surface area contributed by atoms with Gasteiger partial charge in [0.1, 0.15) is 11.6 Å². The Morgan fingerprint density at radius 2 is 2.26 bits per heavy atom. The average molecular weight is 316 g/mol. The molecule has 1 amide bonds. The zero-order valence-electron chi connectivity index (χ0n) is 13.5. The van der Waals surface area contributed by atoms with Gasteiger partial charge in [0.25, 0.3) is 0 Å². The van der Waals surface area contributed by atoms with Gasteiger partial charge in [-0.2, -0.15) is 4.98 Å². The van der Waals surface area contributed by atoms with E-state index in [1.54, 1.807) is 6.92 Å². The van der Waals surface area contributed by atoms with Crippen LogP contribution in [0.1, 0.15) is 49.5 Å². The highest BCUT2D eigenvalue weighted by atomic mass is 16.5. The van der Waals surface area contributed by atoms with Gasteiger partial charge in [-0.15, -0.1) is 0 Å². The molecule has 1 unspecified atom stereocenters. The summed E-state index contributed by atoms with van der Waals surface area (Å²) in [5.41, 5.74) is 0.865. The molecular weight excluding hydrogens is 296 g/mol. The normalized spacial score (nSPS) is 17.0. The van der Waals surface area contributed by atoms with Crippen molar-refractivity contribution in [3.63, 3.8) is 0 Å². The van der Waals surface area contributed by atoms with E-state index < -0.39 is 0 Å². The molecule has 23 heavy (non-hydrogen) atoms. The van der Waals surface area contributed by atoms with E-state index in [2.05, 4.69) is 25.4 Å². The van der Waals surface area contributed by atoms with Gasteiger partial charge < -0.3 is 14.7 Å². The van der Waals surface area contributed by atoms with Crippen LogP contribution in [-0.4, -0.2) is 37.5 Å². The van der Waals surface area contributed by atoms with Crippen LogP contribution < -0.4 is 5.32 Å². The number of amides is 1. The van der Waals surface area contributed by atoms with E-state index in [0.29, 0.717) is 36.3 Å². The van der Waals surface area contributed by atoms with Crippen LogP contribution >= 0.6 is 0 Å². The smallest absolute Gasteiger partial charge is 0.226 e. The number of carbonyl (C=O) groups is 1. The van der Waals surface area contributed by atoms with Crippen molar-refractivity contribution >= 4 is 11.7 Å². The van der Waals surface area contributed by atoms with Crippen LogP contribution in [0.3, 0.4) is 0 Å². The molecule has 0 bridgehead atoms. The lowest BCUT2D eigenvalue weighted by Gasteiger charge is -2.40. The molecule has 2 aromatic heterocycles. The SMILES string of the molecule is CCc1nc(CNc2cc(C3CCN3C(C)=O)nc(C)n2)no1. The van der Waals surface area contributed by atoms with Crippen LogP contribution in [0.15, 0.2) is 10.6 Å². The molecule has 0 saturated carbocycles. The van der Waals surface area contributed by atoms with Gasteiger partial charge in [0.15, 0.2) is 5.82 Å². The second-order valence-corrected chi connectivity index (χ2v) is 5.55. The van der Waals surface area contributed by atoms with Crippen molar-refractivity contribution in [1.29, 1.82) is 0 Å². The molecule has 0 aromatic carbocycles. The summed E-state index contributed by atoms with van der Waals surface area (Å²) in [6.45, 7) is 6.61. The summed E-state index contributed by atoms with van der Waals surface area (Å²) in [5.74, 6) is 2.65. The summed E-state index contributed by atoms with van der Waals surface area (Å²) < 4.78 is 5.08. The molecule has 3 heterocycles. The number of carbonyl (C=O) groups excluding carboxylic acids is 1. The molecule has 1 N–H and O–H groups in total. The third kappa shape index (κ3) is 3.30. The Balaban J connectivity index is 1.71. The number of hydrogen-bond acceptors (Lipinski definition) is 7. The Morgan fingerprint density at radius 1 is 1.43 bits per heavy atom. The van der Waals surface area contributed by atoms with Gasteiger partial charge in [0, 0.05) is 26.0 Å². The number of aromatic nitrogens is 4. The second-order valence-electron chi connectivity index (χ2n) is 5.55. The Bertz CT molecular complexity index is 714. The van der Waals surface area contributed by atoms with Crippen molar-refractivity contribution in [3.05, 3.63) is 29.3 Å². The number of likely N-dealkylation sites (tertiary alicyclic amines) is 1. The van der Waals surface area contributed by atoms with Crippen molar-refractivity contribution in [2.24, 2.45) is 0 Å². The summed E-state index contributed by atoms with van der Waals surface area (Å²) in [6.07, 6.45) is 1.65. The third-order valence-electron chi connectivity index (χ3n) is 3.86. The molecule has 0 spiro atoms. The minimum absolute atomic E-state index is 0.0478. The average Bonchev–Trinajstić information content (AvgIpc) is 2.91. The van der Waals surface area contributed by atoms with Crippen molar-refractivity contribution in [3.8, 4) is 0 Å². The monoisotopic (exact) mass is 316 g/mol. The van der Waals surface area contributed by atoms with Crippen LogP contribution in [0.4, 0.5) is 5.82 Å².